The fourth-order valence-electron chi connectivity index (χ4n) is 2.30. The molecule has 3 heteroatoms. The SMILES string of the molecule is CC(C)CNCC(C)(O)CCCC1CCCO1. The summed E-state index contributed by atoms with van der Waals surface area (Å²) in [6.45, 7) is 8.88. The fourth-order valence-corrected chi connectivity index (χ4v) is 2.30. The maximum atomic E-state index is 10.2. The number of hydrogen-bond acceptors (Lipinski definition) is 3. The number of aliphatic hydroxyl groups is 1. The molecule has 3 nitrogen and oxygen atoms in total. The van der Waals surface area contributed by atoms with Crippen molar-refractivity contribution >= 4 is 0 Å². The van der Waals surface area contributed by atoms with Crippen molar-refractivity contribution in [3.8, 4) is 0 Å². The van der Waals surface area contributed by atoms with Crippen LogP contribution in [0.15, 0.2) is 0 Å². The lowest BCUT2D eigenvalue weighted by Crippen LogP contribution is -2.39. The summed E-state index contributed by atoms with van der Waals surface area (Å²) in [5, 5.41) is 13.5. The normalized spacial score (nSPS) is 24.2. The van der Waals surface area contributed by atoms with Crippen LogP contribution in [0.3, 0.4) is 0 Å². The Morgan fingerprint density at radius 1 is 1.47 bits per heavy atom. The van der Waals surface area contributed by atoms with E-state index in [4.69, 9.17) is 4.74 Å². The van der Waals surface area contributed by atoms with Crippen LogP contribution in [0.5, 0.6) is 0 Å². The Morgan fingerprint density at radius 2 is 2.24 bits per heavy atom. The van der Waals surface area contributed by atoms with E-state index >= 15 is 0 Å². The monoisotopic (exact) mass is 243 g/mol. The Morgan fingerprint density at radius 3 is 2.82 bits per heavy atom. The topological polar surface area (TPSA) is 41.5 Å². The van der Waals surface area contributed by atoms with Gasteiger partial charge >= 0.3 is 0 Å². The lowest BCUT2D eigenvalue weighted by molar-refractivity contribution is 0.0400. The van der Waals surface area contributed by atoms with Crippen molar-refractivity contribution < 1.29 is 9.84 Å². The summed E-state index contributed by atoms with van der Waals surface area (Å²) in [5.74, 6) is 0.637. The van der Waals surface area contributed by atoms with Gasteiger partial charge in [0.2, 0.25) is 0 Å². The quantitative estimate of drug-likeness (QED) is 0.687. The minimum absolute atomic E-state index is 0.453. The smallest absolute Gasteiger partial charge is 0.0743 e. The molecule has 1 aliphatic heterocycles. The molecule has 0 bridgehead atoms. The Balaban J connectivity index is 2.06. The zero-order valence-corrected chi connectivity index (χ0v) is 11.7. The summed E-state index contributed by atoms with van der Waals surface area (Å²) < 4.78 is 5.58. The summed E-state index contributed by atoms with van der Waals surface area (Å²) in [6.07, 6.45) is 5.87. The van der Waals surface area contributed by atoms with Crippen molar-refractivity contribution in [2.45, 2.75) is 64.6 Å². The summed E-state index contributed by atoms with van der Waals surface area (Å²) >= 11 is 0. The summed E-state index contributed by atoms with van der Waals surface area (Å²) in [4.78, 5) is 0. The number of hydrogen-bond donors (Lipinski definition) is 2. The molecular weight excluding hydrogens is 214 g/mol. The molecular formula is C14H29NO2. The van der Waals surface area contributed by atoms with Gasteiger partial charge in [-0.05, 0) is 51.5 Å². The molecule has 1 fully saturated rings. The number of nitrogens with one attached hydrogen (secondary N) is 1. The molecule has 0 saturated carbocycles. The molecule has 0 radical (unpaired) electrons. The van der Waals surface area contributed by atoms with Gasteiger partial charge in [-0.3, -0.25) is 0 Å². The Hall–Kier alpha value is -0.120. The zero-order chi connectivity index (χ0) is 12.7. The van der Waals surface area contributed by atoms with Crippen molar-refractivity contribution in [2.75, 3.05) is 19.7 Å². The molecule has 2 atom stereocenters. The van der Waals surface area contributed by atoms with Crippen molar-refractivity contribution in [1.29, 1.82) is 0 Å². The molecule has 0 aromatic rings. The third-order valence-electron chi connectivity index (χ3n) is 3.32. The lowest BCUT2D eigenvalue weighted by atomic mass is 9.97. The van der Waals surface area contributed by atoms with Gasteiger partial charge in [0.25, 0.3) is 0 Å². The van der Waals surface area contributed by atoms with Gasteiger partial charge in [-0.2, -0.15) is 0 Å². The molecule has 0 aliphatic carbocycles. The highest BCUT2D eigenvalue weighted by Gasteiger charge is 2.21. The molecule has 102 valence electrons. The van der Waals surface area contributed by atoms with E-state index in [0.717, 1.165) is 32.4 Å². The van der Waals surface area contributed by atoms with Gasteiger partial charge in [0.1, 0.15) is 0 Å². The molecule has 0 aromatic carbocycles. The molecule has 1 saturated heterocycles. The Bertz CT molecular complexity index is 198. The second kappa shape index (κ2) is 7.34. The highest BCUT2D eigenvalue weighted by molar-refractivity contribution is 4.77. The van der Waals surface area contributed by atoms with Crippen LogP contribution in [0, 0.1) is 5.92 Å². The van der Waals surface area contributed by atoms with Gasteiger partial charge < -0.3 is 15.2 Å². The molecule has 0 spiro atoms. The minimum Gasteiger partial charge on any atom is -0.389 e. The van der Waals surface area contributed by atoms with Crippen LogP contribution >= 0.6 is 0 Å². The van der Waals surface area contributed by atoms with Gasteiger partial charge in [0.15, 0.2) is 0 Å². The van der Waals surface area contributed by atoms with Crippen LogP contribution in [0.1, 0.15) is 52.9 Å². The molecule has 0 aromatic heterocycles. The lowest BCUT2D eigenvalue weighted by Gasteiger charge is -2.25. The van der Waals surface area contributed by atoms with E-state index in [-0.39, 0.29) is 0 Å². The fraction of sp³-hybridized carbons (Fsp3) is 1.00. The first-order chi connectivity index (χ1) is 7.99. The Labute approximate surface area is 106 Å². The average Bonchev–Trinajstić information content (AvgIpc) is 2.69. The second-order valence-corrected chi connectivity index (χ2v) is 6.05. The van der Waals surface area contributed by atoms with Crippen molar-refractivity contribution in [2.24, 2.45) is 5.92 Å². The van der Waals surface area contributed by atoms with Crippen LogP contribution in [0.2, 0.25) is 0 Å². The highest BCUT2D eigenvalue weighted by Crippen LogP contribution is 2.20. The Kier molecular flexibility index (Phi) is 6.45. The summed E-state index contributed by atoms with van der Waals surface area (Å²) in [7, 11) is 0. The predicted molar refractivity (Wildman–Crippen MR) is 71.2 cm³/mol. The molecule has 0 amide bonds. The molecule has 1 heterocycles. The molecule has 2 unspecified atom stereocenters. The van der Waals surface area contributed by atoms with Crippen LogP contribution < -0.4 is 5.32 Å². The van der Waals surface area contributed by atoms with E-state index in [2.05, 4.69) is 19.2 Å². The van der Waals surface area contributed by atoms with E-state index in [9.17, 15) is 5.11 Å². The standard InChI is InChI=1S/C14H29NO2/c1-12(2)10-15-11-14(3,16)8-4-6-13-7-5-9-17-13/h12-13,15-16H,4-11H2,1-3H3. The first-order valence-electron chi connectivity index (χ1n) is 7.04. The molecule has 2 N–H and O–H groups in total. The number of ether oxygens (including phenoxy) is 1. The minimum atomic E-state index is -0.576. The van der Waals surface area contributed by atoms with E-state index in [1.54, 1.807) is 0 Å². The maximum absolute atomic E-state index is 10.2. The maximum Gasteiger partial charge on any atom is 0.0743 e. The number of rotatable bonds is 8. The van der Waals surface area contributed by atoms with Gasteiger partial charge in [-0.25, -0.2) is 0 Å². The van der Waals surface area contributed by atoms with Crippen molar-refractivity contribution in [1.82, 2.24) is 5.32 Å². The van der Waals surface area contributed by atoms with Gasteiger partial charge in [0.05, 0.1) is 11.7 Å². The van der Waals surface area contributed by atoms with Gasteiger partial charge in [0, 0.05) is 13.2 Å². The molecule has 17 heavy (non-hydrogen) atoms. The van der Waals surface area contributed by atoms with Crippen LogP contribution in [0.25, 0.3) is 0 Å². The van der Waals surface area contributed by atoms with Crippen LogP contribution in [0.4, 0.5) is 0 Å². The van der Waals surface area contributed by atoms with Crippen LogP contribution in [-0.2, 0) is 4.74 Å². The first-order valence-corrected chi connectivity index (χ1v) is 7.04. The predicted octanol–water partition coefficient (Wildman–Crippen LogP) is 2.33. The van der Waals surface area contributed by atoms with E-state index < -0.39 is 5.60 Å². The summed E-state index contributed by atoms with van der Waals surface area (Å²) in [6, 6.07) is 0. The average molecular weight is 243 g/mol. The second-order valence-electron chi connectivity index (χ2n) is 6.05. The third-order valence-corrected chi connectivity index (χ3v) is 3.32. The van der Waals surface area contributed by atoms with E-state index in [1.165, 1.54) is 12.8 Å². The summed E-state index contributed by atoms with van der Waals surface area (Å²) in [5.41, 5.74) is -0.576. The van der Waals surface area contributed by atoms with E-state index in [0.29, 0.717) is 18.6 Å². The highest BCUT2D eigenvalue weighted by atomic mass is 16.5. The van der Waals surface area contributed by atoms with E-state index in [1.807, 2.05) is 6.92 Å². The van der Waals surface area contributed by atoms with Crippen molar-refractivity contribution in [3.63, 3.8) is 0 Å². The van der Waals surface area contributed by atoms with Crippen molar-refractivity contribution in [3.05, 3.63) is 0 Å². The van der Waals surface area contributed by atoms with Gasteiger partial charge in [-0.15, -0.1) is 0 Å². The molecule has 1 rings (SSSR count). The first kappa shape index (κ1) is 14.9. The third kappa shape index (κ3) is 7.02. The molecule has 1 aliphatic rings. The zero-order valence-electron chi connectivity index (χ0n) is 11.7. The largest absolute Gasteiger partial charge is 0.389 e. The van der Waals surface area contributed by atoms with Crippen LogP contribution in [-0.4, -0.2) is 36.5 Å². The van der Waals surface area contributed by atoms with Gasteiger partial charge in [-0.1, -0.05) is 13.8 Å².